The highest BCUT2D eigenvalue weighted by Crippen LogP contribution is 2.54. The number of benzene rings is 2. The number of hydrogen-bond acceptors (Lipinski definition) is 4. The second kappa shape index (κ2) is 8.20. The first-order chi connectivity index (χ1) is 16.1. The van der Waals surface area contributed by atoms with Gasteiger partial charge in [0.1, 0.15) is 5.78 Å². The Hall–Kier alpha value is -2.72. The van der Waals surface area contributed by atoms with E-state index in [-0.39, 0.29) is 40.4 Å². The van der Waals surface area contributed by atoms with Crippen molar-refractivity contribution in [2.45, 2.75) is 72.0 Å². The minimum absolute atomic E-state index is 0.0191. The molecule has 3 atom stereocenters. The topological polar surface area (TPSA) is 63.4 Å². The van der Waals surface area contributed by atoms with E-state index in [1.165, 1.54) is 0 Å². The van der Waals surface area contributed by atoms with E-state index in [1.54, 1.807) is 0 Å². The molecule has 0 bridgehead atoms. The lowest BCUT2D eigenvalue weighted by Crippen LogP contribution is -2.61. The summed E-state index contributed by atoms with van der Waals surface area (Å²) in [5, 5.41) is 0. The smallest absolute Gasteiger partial charge is 0.161 e. The highest BCUT2D eigenvalue weighted by molar-refractivity contribution is 6.11. The van der Waals surface area contributed by atoms with Gasteiger partial charge in [0.2, 0.25) is 0 Å². The molecule has 0 amide bonds. The van der Waals surface area contributed by atoms with Crippen molar-refractivity contribution in [3.05, 3.63) is 71.3 Å². The van der Waals surface area contributed by atoms with Gasteiger partial charge in [0.15, 0.2) is 5.78 Å². The maximum absolute atomic E-state index is 13.8. The second-order valence-electron chi connectivity index (χ2n) is 12.0. The van der Waals surface area contributed by atoms with Gasteiger partial charge >= 0.3 is 0 Å². The van der Waals surface area contributed by atoms with Crippen molar-refractivity contribution in [1.82, 2.24) is 0 Å². The van der Waals surface area contributed by atoms with Crippen LogP contribution in [0.15, 0.2) is 60.2 Å². The standard InChI is InChI=1S/C30H36N2O2/c1-29(2)14-22-27(24(33)16-29)26(20-8-6-5-7-9-20)28-23(15-30(3,4)17-25(28)34)32(22)21-12-10-19(18-31)11-13-21/h5-13,22-23,27H,14-18,31H2,1-4H3. The Morgan fingerprint density at radius 1 is 0.853 bits per heavy atom. The summed E-state index contributed by atoms with van der Waals surface area (Å²) in [5.41, 5.74) is 10.7. The van der Waals surface area contributed by atoms with Gasteiger partial charge in [0.25, 0.3) is 0 Å². The average Bonchev–Trinajstić information content (AvgIpc) is 2.77. The molecule has 0 spiro atoms. The van der Waals surface area contributed by atoms with Crippen LogP contribution in [0.25, 0.3) is 5.57 Å². The fourth-order valence-electron chi connectivity index (χ4n) is 6.67. The molecule has 3 unspecified atom stereocenters. The molecule has 4 heteroatoms. The Balaban J connectivity index is 1.77. The zero-order chi connectivity index (χ0) is 24.3. The van der Waals surface area contributed by atoms with Gasteiger partial charge in [0.05, 0.1) is 12.0 Å². The fourth-order valence-corrected chi connectivity index (χ4v) is 6.67. The van der Waals surface area contributed by atoms with Crippen LogP contribution in [-0.4, -0.2) is 23.7 Å². The van der Waals surface area contributed by atoms with Crippen LogP contribution in [-0.2, 0) is 16.1 Å². The molecule has 2 aromatic rings. The van der Waals surface area contributed by atoms with Crippen LogP contribution in [0.2, 0.25) is 0 Å². The maximum atomic E-state index is 13.8. The quantitative estimate of drug-likeness (QED) is 0.658. The Morgan fingerprint density at radius 2 is 1.50 bits per heavy atom. The Kier molecular flexibility index (Phi) is 5.55. The number of nitrogens with two attached hydrogens (primary N) is 1. The molecule has 1 aliphatic heterocycles. The highest BCUT2D eigenvalue weighted by Gasteiger charge is 2.54. The Labute approximate surface area is 203 Å². The molecule has 2 aliphatic carbocycles. The van der Waals surface area contributed by atoms with Gasteiger partial charge in [-0.3, -0.25) is 9.59 Å². The number of hydrogen-bond donors (Lipinski definition) is 1. The number of rotatable bonds is 3. The van der Waals surface area contributed by atoms with Crippen molar-refractivity contribution in [1.29, 1.82) is 0 Å². The van der Waals surface area contributed by atoms with Crippen molar-refractivity contribution < 1.29 is 9.59 Å². The number of anilines is 1. The van der Waals surface area contributed by atoms with Gasteiger partial charge in [-0.1, -0.05) is 70.2 Å². The minimum Gasteiger partial charge on any atom is -0.360 e. The van der Waals surface area contributed by atoms with E-state index in [4.69, 9.17) is 5.73 Å². The van der Waals surface area contributed by atoms with Crippen LogP contribution in [0.4, 0.5) is 5.69 Å². The van der Waals surface area contributed by atoms with E-state index < -0.39 is 0 Å². The third-order valence-electron chi connectivity index (χ3n) is 8.01. The third kappa shape index (κ3) is 3.92. The predicted molar refractivity (Wildman–Crippen MR) is 137 cm³/mol. The van der Waals surface area contributed by atoms with Gasteiger partial charge in [-0.25, -0.2) is 0 Å². The van der Waals surface area contributed by atoms with Crippen LogP contribution in [0.3, 0.4) is 0 Å². The molecule has 2 aromatic carbocycles. The molecule has 5 rings (SSSR count). The first-order valence-corrected chi connectivity index (χ1v) is 12.5. The molecule has 34 heavy (non-hydrogen) atoms. The molecule has 4 nitrogen and oxygen atoms in total. The van der Waals surface area contributed by atoms with E-state index in [1.807, 2.05) is 18.2 Å². The highest BCUT2D eigenvalue weighted by atomic mass is 16.1. The lowest BCUT2D eigenvalue weighted by atomic mass is 9.59. The number of fused-ring (bicyclic) bond motifs is 2. The molecular formula is C30H36N2O2. The number of carbonyl (C=O) groups is 2. The van der Waals surface area contributed by atoms with Gasteiger partial charge in [-0.2, -0.15) is 0 Å². The summed E-state index contributed by atoms with van der Waals surface area (Å²) in [6.07, 6.45) is 2.87. The lowest BCUT2D eigenvalue weighted by molar-refractivity contribution is -0.126. The molecule has 0 aromatic heterocycles. The summed E-state index contributed by atoms with van der Waals surface area (Å²) in [6, 6.07) is 18.5. The fraction of sp³-hybridized carbons (Fsp3) is 0.467. The summed E-state index contributed by atoms with van der Waals surface area (Å²) in [6.45, 7) is 9.29. The van der Waals surface area contributed by atoms with Crippen LogP contribution < -0.4 is 10.6 Å². The predicted octanol–water partition coefficient (Wildman–Crippen LogP) is 5.55. The van der Waals surface area contributed by atoms with Crippen molar-refractivity contribution >= 4 is 22.8 Å². The molecule has 2 fully saturated rings. The summed E-state index contributed by atoms with van der Waals surface area (Å²) in [4.78, 5) is 30.1. The van der Waals surface area contributed by atoms with Gasteiger partial charge in [-0.05, 0) is 52.5 Å². The molecule has 3 aliphatic rings. The first-order valence-electron chi connectivity index (χ1n) is 12.5. The summed E-state index contributed by atoms with van der Waals surface area (Å²) >= 11 is 0. The van der Waals surface area contributed by atoms with Crippen LogP contribution in [0.5, 0.6) is 0 Å². The Morgan fingerprint density at radius 3 is 2.15 bits per heavy atom. The minimum atomic E-state index is -0.291. The van der Waals surface area contributed by atoms with Gasteiger partial charge in [-0.15, -0.1) is 0 Å². The molecule has 2 saturated carbocycles. The summed E-state index contributed by atoms with van der Waals surface area (Å²) < 4.78 is 0. The lowest BCUT2D eigenvalue weighted by Gasteiger charge is -2.56. The van der Waals surface area contributed by atoms with Gasteiger partial charge in [0, 0.05) is 36.7 Å². The zero-order valence-electron chi connectivity index (χ0n) is 20.8. The monoisotopic (exact) mass is 456 g/mol. The zero-order valence-corrected chi connectivity index (χ0v) is 20.8. The Bertz CT molecular complexity index is 1140. The number of carbonyl (C=O) groups excluding carboxylic acids is 2. The molecular weight excluding hydrogens is 420 g/mol. The van der Waals surface area contributed by atoms with E-state index in [9.17, 15) is 9.59 Å². The number of ketones is 2. The average molecular weight is 457 g/mol. The van der Waals surface area contributed by atoms with Crippen molar-refractivity contribution in [3.63, 3.8) is 0 Å². The molecule has 1 heterocycles. The first kappa shape index (κ1) is 23.0. The second-order valence-corrected chi connectivity index (χ2v) is 12.0. The maximum Gasteiger partial charge on any atom is 0.161 e. The van der Waals surface area contributed by atoms with Crippen LogP contribution >= 0.6 is 0 Å². The SMILES string of the molecule is CC1(C)CC(=O)C2=C(c3ccccc3)C3C(=O)CC(C)(C)CC3N(c3ccc(CN)cc3)C2C1. The van der Waals surface area contributed by atoms with Crippen LogP contribution in [0, 0.1) is 16.7 Å². The van der Waals surface area contributed by atoms with Crippen molar-refractivity contribution in [3.8, 4) is 0 Å². The number of nitrogens with zero attached hydrogens (tertiary/aromatic N) is 1. The summed E-state index contributed by atoms with van der Waals surface area (Å²) in [7, 11) is 0. The largest absolute Gasteiger partial charge is 0.360 e. The summed E-state index contributed by atoms with van der Waals surface area (Å²) in [5.74, 6) is 0.160. The van der Waals surface area contributed by atoms with E-state index in [0.717, 1.165) is 40.8 Å². The molecule has 2 N–H and O–H groups in total. The molecule has 0 radical (unpaired) electrons. The van der Waals surface area contributed by atoms with Crippen LogP contribution in [0.1, 0.15) is 64.5 Å². The van der Waals surface area contributed by atoms with Gasteiger partial charge < -0.3 is 10.6 Å². The van der Waals surface area contributed by atoms with Crippen molar-refractivity contribution in [2.24, 2.45) is 22.5 Å². The number of Topliss-reactive ketones (excluding diaryl/α,β-unsaturated/α-hetero) is 2. The van der Waals surface area contributed by atoms with E-state index in [2.05, 4.69) is 69.0 Å². The third-order valence-corrected chi connectivity index (χ3v) is 8.01. The normalized spacial score (nSPS) is 27.9. The van der Waals surface area contributed by atoms with Crippen molar-refractivity contribution in [2.75, 3.05) is 4.90 Å². The van der Waals surface area contributed by atoms with E-state index in [0.29, 0.717) is 19.4 Å². The van der Waals surface area contributed by atoms with E-state index >= 15 is 0 Å². The molecule has 178 valence electrons. The molecule has 0 saturated heterocycles.